The number of fused-ring (bicyclic) bond motifs is 1. The van der Waals surface area contributed by atoms with Crippen molar-refractivity contribution in [3.63, 3.8) is 0 Å². The predicted octanol–water partition coefficient (Wildman–Crippen LogP) is 4.16. The Morgan fingerprint density at radius 3 is 2.87 bits per heavy atom. The van der Waals surface area contributed by atoms with Crippen molar-refractivity contribution in [1.29, 1.82) is 0 Å². The molecule has 1 saturated heterocycles. The minimum absolute atomic E-state index is 0.101. The molecule has 0 aliphatic carbocycles. The highest BCUT2D eigenvalue weighted by molar-refractivity contribution is 7.22. The smallest absolute Gasteiger partial charge is 0.234 e. The van der Waals surface area contributed by atoms with E-state index in [0.29, 0.717) is 6.54 Å². The Kier molecular flexibility index (Phi) is 4.43. The predicted molar refractivity (Wildman–Crippen MR) is 95.1 cm³/mol. The van der Waals surface area contributed by atoms with Gasteiger partial charge in [0.05, 0.1) is 22.9 Å². The van der Waals surface area contributed by atoms with Gasteiger partial charge in [-0.25, -0.2) is 4.98 Å². The topological polar surface area (TPSA) is 42.4 Å². The van der Waals surface area contributed by atoms with Gasteiger partial charge >= 0.3 is 0 Å². The van der Waals surface area contributed by atoms with E-state index in [0.717, 1.165) is 34.8 Å². The number of benzene rings is 1. The van der Waals surface area contributed by atoms with Crippen molar-refractivity contribution in [3.8, 4) is 0 Å². The van der Waals surface area contributed by atoms with Gasteiger partial charge in [0.25, 0.3) is 0 Å². The molecule has 3 rings (SSSR count). The molecule has 1 aromatic carbocycles. The molecule has 0 radical (unpaired) electrons. The molecule has 23 heavy (non-hydrogen) atoms. The number of anilines is 1. The number of carbonyl (C=O) groups is 1. The van der Waals surface area contributed by atoms with E-state index in [4.69, 9.17) is 9.72 Å². The maximum absolute atomic E-state index is 12.9. The van der Waals surface area contributed by atoms with Crippen LogP contribution in [0.1, 0.15) is 39.2 Å². The monoisotopic (exact) mass is 332 g/mol. The first-order valence-electron chi connectivity index (χ1n) is 8.15. The first-order valence-corrected chi connectivity index (χ1v) is 8.97. The first-order chi connectivity index (χ1) is 10.8. The molecule has 124 valence electrons. The summed E-state index contributed by atoms with van der Waals surface area (Å²) >= 11 is 1.59. The molecule has 5 heteroatoms. The van der Waals surface area contributed by atoms with Crippen molar-refractivity contribution in [1.82, 2.24) is 4.98 Å². The number of thiazole rings is 1. The zero-order valence-corrected chi connectivity index (χ0v) is 15.1. The van der Waals surface area contributed by atoms with E-state index in [1.807, 2.05) is 31.7 Å². The average Bonchev–Trinajstić information content (AvgIpc) is 3.11. The van der Waals surface area contributed by atoms with Crippen LogP contribution in [0, 0.1) is 12.3 Å². The SMILES string of the molecule is Cc1ccc2nc(N(CC3CCCO3)C(=O)C(C)(C)C)sc2c1. The summed E-state index contributed by atoms with van der Waals surface area (Å²) in [4.78, 5) is 19.5. The Morgan fingerprint density at radius 2 is 2.22 bits per heavy atom. The second kappa shape index (κ2) is 6.21. The molecule has 1 atom stereocenters. The summed E-state index contributed by atoms with van der Waals surface area (Å²) in [5.41, 5.74) is 1.72. The minimum Gasteiger partial charge on any atom is -0.376 e. The summed E-state index contributed by atoms with van der Waals surface area (Å²) in [5.74, 6) is 0.101. The molecule has 4 nitrogen and oxygen atoms in total. The molecule has 2 heterocycles. The normalized spacial score (nSPS) is 18.5. The molecule has 2 aromatic rings. The van der Waals surface area contributed by atoms with Crippen molar-refractivity contribution in [2.24, 2.45) is 5.41 Å². The number of aromatic nitrogens is 1. The van der Waals surface area contributed by atoms with E-state index in [-0.39, 0.29) is 12.0 Å². The van der Waals surface area contributed by atoms with Crippen molar-refractivity contribution in [2.75, 3.05) is 18.1 Å². The molecule has 0 saturated carbocycles. The number of hydrogen-bond donors (Lipinski definition) is 0. The van der Waals surface area contributed by atoms with Gasteiger partial charge in [0.1, 0.15) is 0 Å². The Bertz CT molecular complexity index is 711. The number of aryl methyl sites for hydroxylation is 1. The van der Waals surface area contributed by atoms with Crippen LogP contribution in [0.15, 0.2) is 18.2 Å². The Hall–Kier alpha value is -1.46. The van der Waals surface area contributed by atoms with Crippen molar-refractivity contribution in [3.05, 3.63) is 23.8 Å². The third kappa shape index (κ3) is 3.56. The standard InChI is InChI=1S/C18H24N2O2S/c1-12-7-8-14-15(10-12)23-17(19-14)20(16(21)18(2,3)4)11-13-6-5-9-22-13/h7-8,10,13H,5-6,9,11H2,1-4H3. The number of nitrogens with zero attached hydrogens (tertiary/aromatic N) is 2. The second-order valence-electron chi connectivity index (χ2n) is 7.27. The van der Waals surface area contributed by atoms with Gasteiger partial charge in [0.2, 0.25) is 5.91 Å². The molecule has 0 spiro atoms. The largest absolute Gasteiger partial charge is 0.376 e. The van der Waals surface area contributed by atoms with Gasteiger partial charge in [-0.2, -0.15) is 0 Å². The lowest BCUT2D eigenvalue weighted by molar-refractivity contribution is -0.126. The lowest BCUT2D eigenvalue weighted by Crippen LogP contribution is -2.43. The van der Waals surface area contributed by atoms with Gasteiger partial charge in [-0.1, -0.05) is 38.2 Å². The van der Waals surface area contributed by atoms with E-state index in [9.17, 15) is 4.79 Å². The summed E-state index contributed by atoms with van der Waals surface area (Å²) in [7, 11) is 0. The van der Waals surface area contributed by atoms with Crippen LogP contribution < -0.4 is 4.90 Å². The highest BCUT2D eigenvalue weighted by Crippen LogP contribution is 2.33. The molecule has 1 aliphatic rings. The summed E-state index contributed by atoms with van der Waals surface area (Å²) in [6, 6.07) is 6.21. The van der Waals surface area contributed by atoms with E-state index >= 15 is 0 Å². The van der Waals surface area contributed by atoms with E-state index in [2.05, 4.69) is 19.1 Å². The quantitative estimate of drug-likeness (QED) is 0.847. The fourth-order valence-electron chi connectivity index (χ4n) is 2.78. The first kappa shape index (κ1) is 16.4. The lowest BCUT2D eigenvalue weighted by Gasteiger charge is -2.29. The highest BCUT2D eigenvalue weighted by Gasteiger charge is 2.32. The van der Waals surface area contributed by atoms with Crippen LogP contribution in [0.2, 0.25) is 0 Å². The fraction of sp³-hybridized carbons (Fsp3) is 0.556. The second-order valence-corrected chi connectivity index (χ2v) is 8.28. The van der Waals surface area contributed by atoms with Crippen LogP contribution in [-0.4, -0.2) is 30.1 Å². The Morgan fingerprint density at radius 1 is 1.43 bits per heavy atom. The molecule has 1 unspecified atom stereocenters. The van der Waals surface area contributed by atoms with Gasteiger partial charge in [-0.05, 0) is 37.5 Å². The third-order valence-corrected chi connectivity index (χ3v) is 5.10. The molecule has 0 bridgehead atoms. The molecule has 1 fully saturated rings. The fourth-order valence-corrected chi connectivity index (χ4v) is 3.85. The van der Waals surface area contributed by atoms with Gasteiger partial charge < -0.3 is 4.74 Å². The third-order valence-electron chi connectivity index (χ3n) is 4.06. The average molecular weight is 332 g/mol. The summed E-state index contributed by atoms with van der Waals surface area (Å²) in [6.45, 7) is 9.32. The van der Waals surface area contributed by atoms with Crippen molar-refractivity contribution < 1.29 is 9.53 Å². The molecular formula is C18H24N2O2S. The lowest BCUT2D eigenvalue weighted by atomic mass is 9.94. The van der Waals surface area contributed by atoms with Crippen LogP contribution >= 0.6 is 11.3 Å². The van der Waals surface area contributed by atoms with Gasteiger partial charge in [0, 0.05) is 12.0 Å². The number of hydrogen-bond acceptors (Lipinski definition) is 4. The number of carbonyl (C=O) groups excluding carboxylic acids is 1. The molecule has 1 amide bonds. The van der Waals surface area contributed by atoms with Crippen molar-refractivity contribution >= 4 is 32.6 Å². The van der Waals surface area contributed by atoms with Crippen molar-refractivity contribution in [2.45, 2.75) is 46.6 Å². The van der Waals surface area contributed by atoms with Gasteiger partial charge in [-0.3, -0.25) is 9.69 Å². The van der Waals surface area contributed by atoms with Gasteiger partial charge in [-0.15, -0.1) is 0 Å². The summed E-state index contributed by atoms with van der Waals surface area (Å²) < 4.78 is 6.87. The molecular weight excluding hydrogens is 308 g/mol. The summed E-state index contributed by atoms with van der Waals surface area (Å²) in [5, 5.41) is 0.779. The molecule has 0 N–H and O–H groups in total. The zero-order chi connectivity index (χ0) is 16.6. The minimum atomic E-state index is -0.438. The number of rotatable bonds is 3. The Labute approximate surface area is 141 Å². The number of amides is 1. The van der Waals surface area contributed by atoms with Crippen LogP contribution in [0.5, 0.6) is 0 Å². The number of ether oxygens (including phenoxy) is 1. The van der Waals surface area contributed by atoms with Gasteiger partial charge in [0.15, 0.2) is 5.13 Å². The van der Waals surface area contributed by atoms with Crippen LogP contribution in [-0.2, 0) is 9.53 Å². The molecule has 1 aromatic heterocycles. The van der Waals surface area contributed by atoms with E-state index in [1.165, 1.54) is 5.56 Å². The van der Waals surface area contributed by atoms with E-state index < -0.39 is 5.41 Å². The highest BCUT2D eigenvalue weighted by atomic mass is 32.1. The molecule has 1 aliphatic heterocycles. The summed E-state index contributed by atoms with van der Waals surface area (Å²) in [6.07, 6.45) is 2.20. The van der Waals surface area contributed by atoms with E-state index in [1.54, 1.807) is 11.3 Å². The Balaban J connectivity index is 1.96. The van der Waals surface area contributed by atoms with Crippen LogP contribution in [0.4, 0.5) is 5.13 Å². The zero-order valence-electron chi connectivity index (χ0n) is 14.3. The van der Waals surface area contributed by atoms with Crippen LogP contribution in [0.25, 0.3) is 10.2 Å². The van der Waals surface area contributed by atoms with Crippen LogP contribution in [0.3, 0.4) is 0 Å². The maximum Gasteiger partial charge on any atom is 0.234 e. The maximum atomic E-state index is 12.9.